The van der Waals surface area contributed by atoms with Gasteiger partial charge in [-0.1, -0.05) is 36.4 Å². The Kier molecular flexibility index (Phi) is 11.8. The van der Waals surface area contributed by atoms with E-state index < -0.39 is 23.5 Å². The maximum Gasteiger partial charge on any atom is 0.254 e. The molecule has 0 aliphatic carbocycles. The summed E-state index contributed by atoms with van der Waals surface area (Å²) < 4.78 is 13.3. The molecule has 0 aromatic heterocycles. The third-order valence-electron chi connectivity index (χ3n) is 6.88. The topological polar surface area (TPSA) is 142 Å². The first-order valence-electron chi connectivity index (χ1n) is 13.6. The lowest BCUT2D eigenvalue weighted by molar-refractivity contribution is -0.125. The van der Waals surface area contributed by atoms with Crippen LogP contribution in [0, 0.1) is 5.82 Å². The fraction of sp³-hybridized carbons (Fsp3) is 0.250. The number of halogens is 1. The minimum Gasteiger partial charge on any atom is -0.352 e. The van der Waals surface area contributed by atoms with Gasteiger partial charge in [-0.05, 0) is 60.4 Å². The third-order valence-corrected chi connectivity index (χ3v) is 6.88. The van der Waals surface area contributed by atoms with E-state index in [0.717, 1.165) is 11.1 Å². The Morgan fingerprint density at radius 2 is 1.53 bits per heavy atom. The van der Waals surface area contributed by atoms with E-state index in [1.165, 1.54) is 35.2 Å². The van der Waals surface area contributed by atoms with E-state index in [9.17, 15) is 33.2 Å². The Labute approximate surface area is 248 Å². The van der Waals surface area contributed by atoms with Crippen LogP contribution in [0.25, 0.3) is 0 Å². The number of nitrogens with zero attached hydrogens (tertiary/aromatic N) is 1. The first kappa shape index (κ1) is 32.3. The van der Waals surface area contributed by atoms with Crippen molar-refractivity contribution in [3.05, 3.63) is 106 Å². The van der Waals surface area contributed by atoms with Crippen molar-refractivity contribution in [1.82, 2.24) is 20.9 Å². The zero-order chi connectivity index (χ0) is 31.4. The molecule has 0 aliphatic rings. The number of hydrogen-bond acceptors (Lipinski definition) is 6. The lowest BCUT2D eigenvalue weighted by Crippen LogP contribution is -2.36. The van der Waals surface area contributed by atoms with Crippen LogP contribution in [0.5, 0.6) is 0 Å². The predicted octanol–water partition coefficient (Wildman–Crippen LogP) is 2.94. The molecule has 1 atom stereocenters. The van der Waals surface area contributed by atoms with Crippen LogP contribution in [0.3, 0.4) is 0 Å². The lowest BCUT2D eigenvalue weighted by atomic mass is 10.0. The monoisotopic (exact) mass is 588 g/mol. The smallest absolute Gasteiger partial charge is 0.254 e. The first-order valence-corrected chi connectivity index (χ1v) is 13.6. The molecule has 0 radical (unpaired) electrons. The molecule has 1 unspecified atom stereocenters. The van der Waals surface area contributed by atoms with Gasteiger partial charge < -0.3 is 15.5 Å². The number of rotatable bonds is 14. The molecule has 0 spiro atoms. The van der Waals surface area contributed by atoms with E-state index in [-0.39, 0.29) is 48.0 Å². The number of amides is 5. The highest BCUT2D eigenvalue weighted by atomic mass is 19.1. The molecule has 224 valence electrons. The van der Waals surface area contributed by atoms with E-state index in [1.54, 1.807) is 26.1 Å². The highest BCUT2D eigenvalue weighted by Gasteiger charge is 2.22. The Balaban J connectivity index is 1.52. The Morgan fingerprint density at radius 3 is 2.16 bits per heavy atom. The number of carbonyl (C=O) groups is 6. The van der Waals surface area contributed by atoms with Gasteiger partial charge in [-0.25, -0.2) is 4.39 Å². The van der Waals surface area contributed by atoms with Crippen LogP contribution in [0.15, 0.2) is 66.7 Å². The number of hydrogen-bond donors (Lipinski definition) is 3. The van der Waals surface area contributed by atoms with Crippen LogP contribution in [-0.2, 0) is 33.9 Å². The second-order valence-corrected chi connectivity index (χ2v) is 9.99. The van der Waals surface area contributed by atoms with Crippen molar-refractivity contribution in [2.75, 3.05) is 7.05 Å². The SMILES string of the molecule is CC(CCC(=O)NC=O)N(C)C(=O)c1ccc(C(=O)NCc2ccc(CNC(=O)Cc3cccc(F)c3)cc2)cc1C=O. The molecule has 0 bridgehead atoms. The molecule has 0 aliphatic heterocycles. The van der Waals surface area contributed by atoms with Crippen LogP contribution >= 0.6 is 0 Å². The molecule has 0 saturated carbocycles. The summed E-state index contributed by atoms with van der Waals surface area (Å²) in [6.07, 6.45) is 1.24. The quantitative estimate of drug-likeness (QED) is 0.247. The largest absolute Gasteiger partial charge is 0.352 e. The minimum atomic E-state index is -0.453. The van der Waals surface area contributed by atoms with Crippen LogP contribution in [0.2, 0.25) is 0 Å². The van der Waals surface area contributed by atoms with Gasteiger partial charge in [0.05, 0.1) is 12.0 Å². The normalized spacial score (nSPS) is 11.1. The van der Waals surface area contributed by atoms with Gasteiger partial charge in [-0.15, -0.1) is 0 Å². The van der Waals surface area contributed by atoms with Crippen LogP contribution < -0.4 is 16.0 Å². The van der Waals surface area contributed by atoms with Gasteiger partial charge in [0.1, 0.15) is 5.82 Å². The van der Waals surface area contributed by atoms with Crippen LogP contribution in [0.4, 0.5) is 4.39 Å². The molecular formula is C32H33FN4O6. The third kappa shape index (κ3) is 9.70. The number of nitrogens with one attached hydrogen (secondary N) is 3. The highest BCUT2D eigenvalue weighted by molar-refractivity contribution is 6.04. The van der Waals surface area contributed by atoms with Crippen LogP contribution in [0.1, 0.15) is 67.5 Å². The van der Waals surface area contributed by atoms with E-state index in [1.807, 2.05) is 29.6 Å². The molecule has 11 heteroatoms. The molecule has 0 heterocycles. The van der Waals surface area contributed by atoms with Gasteiger partial charge in [0.15, 0.2) is 6.29 Å². The van der Waals surface area contributed by atoms with Crippen molar-refractivity contribution in [1.29, 1.82) is 0 Å². The zero-order valence-electron chi connectivity index (χ0n) is 23.9. The zero-order valence-corrected chi connectivity index (χ0v) is 23.9. The van der Waals surface area contributed by atoms with E-state index in [4.69, 9.17) is 0 Å². The summed E-state index contributed by atoms with van der Waals surface area (Å²) in [6, 6.07) is 17.0. The standard InChI is InChI=1S/C32H33FN4O6/c1-21(6-13-29(40)36-20-39)37(2)32(43)28-12-11-25(16-26(28)19-38)31(42)35-18-23-9-7-22(8-10-23)17-34-30(41)15-24-4-3-5-27(33)14-24/h3-5,7-12,14,16,19-21H,6,13,15,17-18H2,1-2H3,(H,34,41)(H,35,42)(H,36,39,40). The average molecular weight is 589 g/mol. The molecule has 3 rings (SSSR count). The Hall–Kier alpha value is -5.19. The molecule has 10 nitrogen and oxygen atoms in total. The Morgan fingerprint density at radius 1 is 0.860 bits per heavy atom. The summed E-state index contributed by atoms with van der Waals surface area (Å²) in [7, 11) is 1.55. The van der Waals surface area contributed by atoms with Gasteiger partial charge in [0.2, 0.25) is 18.2 Å². The number of aldehydes is 1. The second-order valence-electron chi connectivity index (χ2n) is 9.99. The summed E-state index contributed by atoms with van der Waals surface area (Å²) in [5.41, 5.74) is 2.63. The van der Waals surface area contributed by atoms with Crippen molar-refractivity contribution in [3.63, 3.8) is 0 Å². The first-order chi connectivity index (χ1) is 20.6. The molecule has 3 aromatic rings. The van der Waals surface area contributed by atoms with Crippen molar-refractivity contribution in [2.24, 2.45) is 0 Å². The lowest BCUT2D eigenvalue weighted by Gasteiger charge is -2.25. The second kappa shape index (κ2) is 15.7. The number of imide groups is 1. The fourth-order valence-electron chi connectivity index (χ4n) is 4.21. The highest BCUT2D eigenvalue weighted by Crippen LogP contribution is 2.16. The van der Waals surface area contributed by atoms with Gasteiger partial charge in [0.25, 0.3) is 11.8 Å². The summed E-state index contributed by atoms with van der Waals surface area (Å²) in [5, 5.41) is 7.62. The summed E-state index contributed by atoms with van der Waals surface area (Å²) >= 11 is 0. The maximum atomic E-state index is 13.3. The van der Waals surface area contributed by atoms with Gasteiger partial charge in [0, 0.05) is 43.7 Å². The molecule has 43 heavy (non-hydrogen) atoms. The van der Waals surface area contributed by atoms with E-state index in [0.29, 0.717) is 31.2 Å². The molecular weight excluding hydrogens is 555 g/mol. The van der Waals surface area contributed by atoms with Crippen molar-refractivity contribution in [3.8, 4) is 0 Å². The fourth-order valence-corrected chi connectivity index (χ4v) is 4.21. The van der Waals surface area contributed by atoms with Crippen molar-refractivity contribution < 1.29 is 33.2 Å². The van der Waals surface area contributed by atoms with Crippen molar-refractivity contribution >= 4 is 36.3 Å². The minimum absolute atomic E-state index is 0.0501. The van der Waals surface area contributed by atoms with Crippen molar-refractivity contribution in [2.45, 2.75) is 45.3 Å². The molecule has 3 aromatic carbocycles. The Bertz CT molecular complexity index is 1490. The summed E-state index contributed by atoms with van der Waals surface area (Å²) in [5.74, 6) is -1.95. The van der Waals surface area contributed by atoms with E-state index in [2.05, 4.69) is 10.6 Å². The number of benzene rings is 3. The summed E-state index contributed by atoms with van der Waals surface area (Å²) in [4.78, 5) is 73.0. The number of carbonyl (C=O) groups excluding carboxylic acids is 6. The molecule has 3 N–H and O–H groups in total. The maximum absolute atomic E-state index is 13.3. The molecule has 0 fully saturated rings. The molecule has 5 amide bonds. The predicted molar refractivity (Wildman–Crippen MR) is 156 cm³/mol. The van der Waals surface area contributed by atoms with Gasteiger partial charge >= 0.3 is 0 Å². The summed E-state index contributed by atoms with van der Waals surface area (Å²) in [6.45, 7) is 2.25. The van der Waals surface area contributed by atoms with Gasteiger partial charge in [-0.2, -0.15) is 0 Å². The average Bonchev–Trinajstić information content (AvgIpc) is 3.01. The van der Waals surface area contributed by atoms with Gasteiger partial charge in [-0.3, -0.25) is 34.1 Å². The molecule has 0 saturated heterocycles. The van der Waals surface area contributed by atoms with E-state index >= 15 is 0 Å². The van der Waals surface area contributed by atoms with Crippen LogP contribution in [-0.4, -0.2) is 54.3 Å².